The zero-order valence-corrected chi connectivity index (χ0v) is 13.1. The minimum absolute atomic E-state index is 0.595. The SMILES string of the molecule is COc1cc(CNc2cc(C)n(C)n2)cc(OC)c1OC. The van der Waals surface area contributed by atoms with E-state index in [4.69, 9.17) is 14.2 Å². The third-order valence-electron chi connectivity index (χ3n) is 3.31. The summed E-state index contributed by atoms with van der Waals surface area (Å²) in [4.78, 5) is 0. The quantitative estimate of drug-likeness (QED) is 0.885. The van der Waals surface area contributed by atoms with Gasteiger partial charge in [-0.2, -0.15) is 5.10 Å². The van der Waals surface area contributed by atoms with Crippen LogP contribution in [0.15, 0.2) is 18.2 Å². The molecule has 2 rings (SSSR count). The van der Waals surface area contributed by atoms with E-state index < -0.39 is 0 Å². The molecule has 6 nitrogen and oxygen atoms in total. The molecule has 0 spiro atoms. The molecule has 0 radical (unpaired) electrons. The van der Waals surface area contributed by atoms with Crippen molar-refractivity contribution in [1.82, 2.24) is 9.78 Å². The second kappa shape index (κ2) is 6.39. The molecule has 0 saturated carbocycles. The van der Waals surface area contributed by atoms with E-state index in [2.05, 4.69) is 10.4 Å². The summed E-state index contributed by atoms with van der Waals surface area (Å²) in [5, 5.41) is 7.64. The summed E-state index contributed by atoms with van der Waals surface area (Å²) in [6, 6.07) is 5.84. The van der Waals surface area contributed by atoms with Crippen LogP contribution in [0.1, 0.15) is 11.3 Å². The number of aryl methyl sites for hydroxylation is 2. The third kappa shape index (κ3) is 3.21. The minimum Gasteiger partial charge on any atom is -0.493 e. The molecule has 1 aromatic heterocycles. The fraction of sp³-hybridized carbons (Fsp3) is 0.400. The van der Waals surface area contributed by atoms with Gasteiger partial charge in [-0.15, -0.1) is 0 Å². The Kier molecular flexibility index (Phi) is 4.57. The number of rotatable bonds is 6. The Morgan fingerprint density at radius 2 is 1.67 bits per heavy atom. The number of anilines is 1. The van der Waals surface area contributed by atoms with E-state index in [0.29, 0.717) is 23.8 Å². The minimum atomic E-state index is 0.595. The number of aromatic nitrogens is 2. The highest BCUT2D eigenvalue weighted by Crippen LogP contribution is 2.38. The molecule has 21 heavy (non-hydrogen) atoms. The number of hydrogen-bond donors (Lipinski definition) is 1. The van der Waals surface area contributed by atoms with E-state index in [9.17, 15) is 0 Å². The molecule has 0 bridgehead atoms. The topological polar surface area (TPSA) is 57.5 Å². The van der Waals surface area contributed by atoms with Gasteiger partial charge < -0.3 is 19.5 Å². The van der Waals surface area contributed by atoms with Gasteiger partial charge in [0.25, 0.3) is 0 Å². The first-order valence-corrected chi connectivity index (χ1v) is 6.62. The fourth-order valence-electron chi connectivity index (χ4n) is 2.08. The van der Waals surface area contributed by atoms with Crippen molar-refractivity contribution in [2.75, 3.05) is 26.6 Å². The number of ether oxygens (including phenoxy) is 3. The van der Waals surface area contributed by atoms with Crippen molar-refractivity contribution in [3.8, 4) is 17.2 Å². The van der Waals surface area contributed by atoms with Gasteiger partial charge in [0.05, 0.1) is 21.3 Å². The molecule has 0 aliphatic rings. The Bertz CT molecular complexity index is 578. The maximum atomic E-state index is 5.34. The highest BCUT2D eigenvalue weighted by Gasteiger charge is 2.13. The lowest BCUT2D eigenvalue weighted by Crippen LogP contribution is -2.03. The molecular weight excluding hydrogens is 270 g/mol. The van der Waals surface area contributed by atoms with Crippen molar-refractivity contribution >= 4 is 5.82 Å². The number of benzene rings is 1. The zero-order valence-electron chi connectivity index (χ0n) is 13.1. The Morgan fingerprint density at radius 1 is 1.05 bits per heavy atom. The summed E-state index contributed by atoms with van der Waals surface area (Å²) < 4.78 is 17.8. The lowest BCUT2D eigenvalue weighted by Gasteiger charge is -2.14. The molecule has 1 N–H and O–H groups in total. The Labute approximate surface area is 124 Å². The monoisotopic (exact) mass is 291 g/mol. The fourth-order valence-corrected chi connectivity index (χ4v) is 2.08. The first-order valence-electron chi connectivity index (χ1n) is 6.62. The summed E-state index contributed by atoms with van der Waals surface area (Å²) in [5.41, 5.74) is 2.12. The predicted molar refractivity (Wildman–Crippen MR) is 81.4 cm³/mol. The van der Waals surface area contributed by atoms with Crippen LogP contribution in [0.5, 0.6) is 17.2 Å². The molecule has 1 heterocycles. The molecule has 0 atom stereocenters. The molecular formula is C15H21N3O3. The van der Waals surface area contributed by atoms with Crippen LogP contribution in [-0.2, 0) is 13.6 Å². The maximum Gasteiger partial charge on any atom is 0.203 e. The van der Waals surface area contributed by atoms with Crippen molar-refractivity contribution in [3.63, 3.8) is 0 Å². The van der Waals surface area contributed by atoms with Crippen molar-refractivity contribution in [2.45, 2.75) is 13.5 Å². The molecule has 2 aromatic rings. The molecule has 114 valence electrons. The van der Waals surface area contributed by atoms with E-state index in [-0.39, 0.29) is 0 Å². The molecule has 0 aliphatic carbocycles. The summed E-state index contributed by atoms with van der Waals surface area (Å²) in [6.07, 6.45) is 0. The van der Waals surface area contributed by atoms with Crippen LogP contribution < -0.4 is 19.5 Å². The Morgan fingerprint density at radius 3 is 2.10 bits per heavy atom. The third-order valence-corrected chi connectivity index (χ3v) is 3.31. The van der Waals surface area contributed by atoms with Crippen molar-refractivity contribution in [3.05, 3.63) is 29.5 Å². The van der Waals surface area contributed by atoms with Gasteiger partial charge >= 0.3 is 0 Å². The van der Waals surface area contributed by atoms with Gasteiger partial charge in [-0.1, -0.05) is 0 Å². The highest BCUT2D eigenvalue weighted by molar-refractivity contribution is 5.54. The molecule has 0 saturated heterocycles. The summed E-state index contributed by atoms with van der Waals surface area (Å²) in [5.74, 6) is 2.72. The normalized spacial score (nSPS) is 10.3. The van der Waals surface area contributed by atoms with Gasteiger partial charge in [-0.25, -0.2) is 0 Å². The van der Waals surface area contributed by atoms with Crippen molar-refractivity contribution < 1.29 is 14.2 Å². The largest absolute Gasteiger partial charge is 0.493 e. The zero-order chi connectivity index (χ0) is 15.4. The van der Waals surface area contributed by atoms with Crippen molar-refractivity contribution in [1.29, 1.82) is 0 Å². The molecule has 0 amide bonds. The Balaban J connectivity index is 2.19. The smallest absolute Gasteiger partial charge is 0.203 e. The number of nitrogens with zero attached hydrogens (tertiary/aromatic N) is 2. The van der Waals surface area contributed by atoms with Gasteiger partial charge in [0.1, 0.15) is 5.82 Å². The lowest BCUT2D eigenvalue weighted by atomic mass is 10.1. The standard InChI is InChI=1S/C15H21N3O3/c1-10-6-14(17-18(10)2)16-9-11-7-12(19-3)15(21-5)13(8-11)20-4/h6-8H,9H2,1-5H3,(H,16,17). The lowest BCUT2D eigenvalue weighted by molar-refractivity contribution is 0.324. The van der Waals surface area contributed by atoms with Crippen LogP contribution in [0, 0.1) is 6.92 Å². The van der Waals surface area contributed by atoms with Gasteiger partial charge in [0, 0.05) is 25.4 Å². The second-order valence-electron chi connectivity index (χ2n) is 4.68. The van der Waals surface area contributed by atoms with Crippen LogP contribution in [0.4, 0.5) is 5.82 Å². The maximum absolute atomic E-state index is 5.34. The summed E-state index contributed by atoms with van der Waals surface area (Å²) in [6.45, 7) is 2.63. The number of nitrogens with one attached hydrogen (secondary N) is 1. The molecule has 0 aliphatic heterocycles. The van der Waals surface area contributed by atoms with Crippen LogP contribution in [0.2, 0.25) is 0 Å². The van der Waals surface area contributed by atoms with Gasteiger partial charge in [0.2, 0.25) is 5.75 Å². The molecule has 0 fully saturated rings. The highest BCUT2D eigenvalue weighted by atomic mass is 16.5. The molecule has 1 aromatic carbocycles. The number of methoxy groups -OCH3 is 3. The average Bonchev–Trinajstić information content (AvgIpc) is 2.82. The van der Waals surface area contributed by atoms with E-state index in [1.54, 1.807) is 21.3 Å². The van der Waals surface area contributed by atoms with Gasteiger partial charge in [-0.05, 0) is 24.6 Å². The van der Waals surface area contributed by atoms with E-state index >= 15 is 0 Å². The predicted octanol–water partition coefficient (Wildman–Crippen LogP) is 2.37. The van der Waals surface area contributed by atoms with Gasteiger partial charge in [0.15, 0.2) is 11.5 Å². The van der Waals surface area contributed by atoms with E-state index in [1.165, 1.54) is 0 Å². The Hall–Kier alpha value is -2.37. The summed E-state index contributed by atoms with van der Waals surface area (Å²) in [7, 11) is 6.72. The van der Waals surface area contributed by atoms with Crippen LogP contribution in [-0.4, -0.2) is 31.1 Å². The van der Waals surface area contributed by atoms with Crippen molar-refractivity contribution in [2.24, 2.45) is 7.05 Å². The second-order valence-corrected chi connectivity index (χ2v) is 4.68. The van der Waals surface area contributed by atoms with Crippen LogP contribution in [0.25, 0.3) is 0 Å². The summed E-state index contributed by atoms with van der Waals surface area (Å²) >= 11 is 0. The average molecular weight is 291 g/mol. The van der Waals surface area contributed by atoms with Crippen LogP contribution >= 0.6 is 0 Å². The molecule has 6 heteroatoms. The van der Waals surface area contributed by atoms with Crippen LogP contribution in [0.3, 0.4) is 0 Å². The van der Waals surface area contributed by atoms with E-state index in [1.807, 2.05) is 36.9 Å². The number of hydrogen-bond acceptors (Lipinski definition) is 5. The first kappa shape index (κ1) is 15.0. The van der Waals surface area contributed by atoms with E-state index in [0.717, 1.165) is 17.1 Å². The molecule has 0 unspecified atom stereocenters. The first-order chi connectivity index (χ1) is 10.1. The van der Waals surface area contributed by atoms with Gasteiger partial charge in [-0.3, -0.25) is 4.68 Å².